The number of aromatic nitrogens is 6. The number of pyridine rings is 1. The number of rotatable bonds is 4. The van der Waals surface area contributed by atoms with Gasteiger partial charge in [-0.1, -0.05) is 18.2 Å². The average Bonchev–Trinajstić information content (AvgIpc) is 3.12. The van der Waals surface area contributed by atoms with Crippen molar-refractivity contribution in [1.29, 1.82) is 0 Å². The van der Waals surface area contributed by atoms with E-state index in [1.54, 1.807) is 16.8 Å². The molecule has 162 valence electrons. The van der Waals surface area contributed by atoms with E-state index in [9.17, 15) is 13.6 Å². The smallest absolute Gasteiger partial charge is 0.259 e. The van der Waals surface area contributed by atoms with E-state index in [1.807, 2.05) is 37.3 Å². The van der Waals surface area contributed by atoms with Crippen LogP contribution in [0, 0.1) is 12.3 Å². The van der Waals surface area contributed by atoms with E-state index in [2.05, 4.69) is 25.8 Å². The first kappa shape index (κ1) is 19.0. The van der Waals surface area contributed by atoms with Gasteiger partial charge in [0, 0.05) is 29.3 Å². The molecule has 3 heterocycles. The normalized spacial score (nSPS) is 23.3. The van der Waals surface area contributed by atoms with Crippen molar-refractivity contribution >= 4 is 17.1 Å². The molecule has 3 aromatic heterocycles. The number of amides is 1. The number of benzene rings is 1. The fraction of sp³-hybridized carbons (Fsp3) is 0.318. The lowest BCUT2D eigenvalue weighted by Gasteiger charge is -2.34. The Kier molecular flexibility index (Phi) is 3.81. The summed E-state index contributed by atoms with van der Waals surface area (Å²) in [5, 5.41) is 19.7. The van der Waals surface area contributed by atoms with Gasteiger partial charge in [-0.25, -0.2) is 13.3 Å². The highest BCUT2D eigenvalue weighted by atomic mass is 19.3. The Morgan fingerprint density at radius 1 is 1.22 bits per heavy atom. The molecular weight excluding hydrogens is 416 g/mol. The third-order valence-electron chi connectivity index (χ3n) is 6.63. The van der Waals surface area contributed by atoms with Gasteiger partial charge < -0.3 is 5.32 Å². The lowest BCUT2D eigenvalue weighted by Crippen LogP contribution is -2.33. The molecule has 2 saturated carbocycles. The van der Waals surface area contributed by atoms with Gasteiger partial charge >= 0.3 is 0 Å². The molecule has 0 saturated heterocycles. The maximum atomic E-state index is 13.5. The second-order valence-corrected chi connectivity index (χ2v) is 8.73. The van der Waals surface area contributed by atoms with Gasteiger partial charge in [-0.3, -0.25) is 4.79 Å². The van der Waals surface area contributed by atoms with Crippen molar-refractivity contribution in [2.45, 2.75) is 38.2 Å². The Labute approximate surface area is 181 Å². The summed E-state index contributed by atoms with van der Waals surface area (Å²) >= 11 is 0. The zero-order valence-electron chi connectivity index (χ0n) is 17.2. The number of fused-ring (bicyclic) bond motifs is 1. The van der Waals surface area contributed by atoms with Crippen molar-refractivity contribution in [3.05, 3.63) is 59.9 Å². The average molecular weight is 435 g/mol. The number of nitrogens with zero attached hydrogens (tertiary/aromatic N) is 6. The zero-order valence-corrected chi connectivity index (χ0v) is 17.2. The predicted molar refractivity (Wildman–Crippen MR) is 111 cm³/mol. The van der Waals surface area contributed by atoms with Crippen LogP contribution in [0.2, 0.25) is 0 Å². The summed E-state index contributed by atoms with van der Waals surface area (Å²) in [7, 11) is 0. The van der Waals surface area contributed by atoms with Crippen molar-refractivity contribution < 1.29 is 13.6 Å². The number of halogens is 2. The van der Waals surface area contributed by atoms with Crippen LogP contribution in [0.1, 0.15) is 41.2 Å². The van der Waals surface area contributed by atoms with E-state index < -0.39 is 11.3 Å². The first-order valence-corrected chi connectivity index (χ1v) is 10.4. The number of alkyl halides is 2. The molecule has 1 aromatic carbocycles. The van der Waals surface area contributed by atoms with Crippen LogP contribution in [-0.4, -0.2) is 41.7 Å². The molecule has 0 atom stereocenters. The number of hydrogen-bond donors (Lipinski definition) is 1. The number of carbonyl (C=O) groups is 1. The predicted octanol–water partition coefficient (Wildman–Crippen LogP) is 3.91. The summed E-state index contributed by atoms with van der Waals surface area (Å²) in [5.41, 5.74) is 2.52. The topological polar surface area (TPSA) is 90.0 Å². The van der Waals surface area contributed by atoms with Gasteiger partial charge in [-0.05, 0) is 48.7 Å². The Balaban J connectivity index is 1.22. The molecule has 0 bridgehead atoms. The molecule has 32 heavy (non-hydrogen) atoms. The molecule has 0 radical (unpaired) electrons. The van der Waals surface area contributed by atoms with Gasteiger partial charge in [0.25, 0.3) is 11.8 Å². The summed E-state index contributed by atoms with van der Waals surface area (Å²) in [4.78, 5) is 14.3. The molecule has 10 heteroatoms. The highest BCUT2D eigenvalue weighted by molar-refractivity contribution is 6.09. The fourth-order valence-electron chi connectivity index (χ4n) is 4.52. The third kappa shape index (κ3) is 2.82. The van der Waals surface area contributed by atoms with Crippen molar-refractivity contribution in [1.82, 2.24) is 29.8 Å². The van der Waals surface area contributed by atoms with E-state index >= 15 is 0 Å². The molecule has 6 rings (SSSR count). The Morgan fingerprint density at radius 2 is 2.03 bits per heavy atom. The Bertz CT molecular complexity index is 1370. The van der Waals surface area contributed by atoms with Crippen LogP contribution < -0.4 is 5.32 Å². The summed E-state index contributed by atoms with van der Waals surface area (Å²) in [6, 6.07) is 10.9. The van der Waals surface area contributed by atoms with E-state index in [4.69, 9.17) is 0 Å². The van der Waals surface area contributed by atoms with Crippen LogP contribution in [0.5, 0.6) is 0 Å². The highest BCUT2D eigenvalue weighted by Gasteiger charge is 2.76. The second kappa shape index (κ2) is 6.41. The first-order chi connectivity index (χ1) is 15.4. The highest BCUT2D eigenvalue weighted by Crippen LogP contribution is 2.73. The van der Waals surface area contributed by atoms with Gasteiger partial charge in [-0.2, -0.15) is 9.90 Å². The van der Waals surface area contributed by atoms with E-state index in [0.717, 1.165) is 5.56 Å². The third-order valence-corrected chi connectivity index (χ3v) is 6.63. The van der Waals surface area contributed by atoms with Gasteiger partial charge in [0.05, 0.1) is 23.3 Å². The lowest BCUT2D eigenvalue weighted by molar-refractivity contribution is -0.00104. The number of tetrazole rings is 1. The van der Waals surface area contributed by atoms with Crippen LogP contribution >= 0.6 is 0 Å². The van der Waals surface area contributed by atoms with Crippen molar-refractivity contribution in [3.63, 3.8) is 0 Å². The minimum Gasteiger partial charge on any atom is -0.322 e. The molecule has 0 unspecified atom stereocenters. The van der Waals surface area contributed by atoms with E-state index in [0.29, 0.717) is 41.0 Å². The molecule has 1 amide bonds. The molecule has 1 spiro atoms. The van der Waals surface area contributed by atoms with Crippen LogP contribution in [0.15, 0.2) is 48.8 Å². The second-order valence-electron chi connectivity index (χ2n) is 8.73. The molecule has 2 aliphatic rings. The molecular formula is C22H19F2N7O. The zero-order chi connectivity index (χ0) is 22.1. The summed E-state index contributed by atoms with van der Waals surface area (Å²) < 4.78 is 28.6. The maximum Gasteiger partial charge on any atom is 0.259 e. The largest absolute Gasteiger partial charge is 0.322 e. The van der Waals surface area contributed by atoms with Crippen molar-refractivity contribution in [2.75, 3.05) is 5.32 Å². The number of anilines is 1. The molecule has 2 fully saturated rings. The quantitative estimate of drug-likeness (QED) is 0.525. The van der Waals surface area contributed by atoms with Crippen LogP contribution in [0.25, 0.3) is 16.9 Å². The number of hydrogen-bond acceptors (Lipinski definition) is 5. The minimum absolute atomic E-state index is 0.0359. The van der Waals surface area contributed by atoms with Gasteiger partial charge in [-0.15, -0.1) is 10.2 Å². The number of aryl methyl sites for hydroxylation is 1. The molecule has 4 aromatic rings. The maximum absolute atomic E-state index is 13.5. The molecule has 8 nitrogen and oxygen atoms in total. The van der Waals surface area contributed by atoms with Crippen LogP contribution in [0.3, 0.4) is 0 Å². The summed E-state index contributed by atoms with van der Waals surface area (Å²) in [5.74, 6) is -2.42. The molecule has 0 aliphatic heterocycles. The van der Waals surface area contributed by atoms with Gasteiger partial charge in [0.1, 0.15) is 0 Å². The van der Waals surface area contributed by atoms with Gasteiger partial charge in [0.2, 0.25) is 5.82 Å². The monoisotopic (exact) mass is 435 g/mol. The fourth-order valence-corrected chi connectivity index (χ4v) is 4.52. The standard InChI is InChI=1S/C22H19F2N7O/c1-13-5-6-14(19-27-29-31(28-19)15-9-21(10-15)12-22(21,23)24)8-17(13)26-20(32)16-11-25-30-7-3-2-4-18(16)30/h2-8,11,15H,9-10,12H2,1H3,(H,26,32). The Hall–Kier alpha value is -3.69. The van der Waals surface area contributed by atoms with E-state index in [-0.39, 0.29) is 18.4 Å². The number of carbonyl (C=O) groups excluding carboxylic acids is 1. The molecule has 1 N–H and O–H groups in total. The summed E-state index contributed by atoms with van der Waals surface area (Å²) in [6.07, 6.45) is 4.04. The van der Waals surface area contributed by atoms with Crippen molar-refractivity contribution in [3.8, 4) is 11.4 Å². The van der Waals surface area contributed by atoms with E-state index in [1.165, 1.54) is 11.0 Å². The number of nitrogens with one attached hydrogen (secondary N) is 1. The van der Waals surface area contributed by atoms with Crippen molar-refractivity contribution in [2.24, 2.45) is 5.41 Å². The van der Waals surface area contributed by atoms with Crippen LogP contribution in [0.4, 0.5) is 14.5 Å². The van der Waals surface area contributed by atoms with Crippen LogP contribution in [-0.2, 0) is 0 Å². The molecule has 2 aliphatic carbocycles. The summed E-state index contributed by atoms with van der Waals surface area (Å²) in [6.45, 7) is 1.89. The van der Waals surface area contributed by atoms with Gasteiger partial charge in [0.15, 0.2) is 0 Å². The first-order valence-electron chi connectivity index (χ1n) is 10.4. The Morgan fingerprint density at radius 3 is 2.81 bits per heavy atom. The minimum atomic E-state index is -2.54. The lowest BCUT2D eigenvalue weighted by atomic mass is 9.76. The SMILES string of the molecule is Cc1ccc(-c2nnn(C3CC4(C3)CC4(F)F)n2)cc1NC(=O)c1cnn2ccccc12.